The van der Waals surface area contributed by atoms with Crippen LogP contribution in [0.5, 0.6) is 0 Å². The maximum absolute atomic E-state index is 11.7. The Morgan fingerprint density at radius 2 is 2.00 bits per heavy atom. The van der Waals surface area contributed by atoms with E-state index in [-0.39, 0.29) is 10.6 Å². The van der Waals surface area contributed by atoms with Crippen LogP contribution in [-0.2, 0) is 14.8 Å². The molecule has 0 saturated heterocycles. The summed E-state index contributed by atoms with van der Waals surface area (Å²) in [7, 11) is -0.439. The summed E-state index contributed by atoms with van der Waals surface area (Å²) in [6, 6.07) is 4.86. The first-order valence-electron chi connectivity index (χ1n) is 6.57. The number of nitrogens with two attached hydrogens (primary N) is 1. The topological polar surface area (TPSA) is 93.5 Å². The summed E-state index contributed by atoms with van der Waals surface area (Å²) < 4.78 is 30.6. The number of methoxy groups -OCH3 is 1. The molecule has 0 radical (unpaired) electrons. The fourth-order valence-corrected chi connectivity index (χ4v) is 2.63. The smallest absolute Gasteiger partial charge is 0.242 e. The number of hydrogen-bond donors (Lipinski definition) is 3. The first-order chi connectivity index (χ1) is 9.51. The van der Waals surface area contributed by atoms with Gasteiger partial charge in [-0.15, -0.1) is 0 Å². The van der Waals surface area contributed by atoms with Crippen molar-refractivity contribution in [3.8, 4) is 0 Å². The first-order valence-corrected chi connectivity index (χ1v) is 8.05. The van der Waals surface area contributed by atoms with E-state index >= 15 is 0 Å². The third-order valence-electron chi connectivity index (χ3n) is 2.92. The predicted octanol–water partition coefficient (Wildman–Crippen LogP) is 1.41. The molecule has 0 amide bonds. The predicted molar refractivity (Wildman–Crippen MR) is 81.3 cm³/mol. The number of sulfonamides is 1. The first kappa shape index (κ1) is 16.7. The van der Waals surface area contributed by atoms with Crippen LogP contribution in [0.25, 0.3) is 0 Å². The van der Waals surface area contributed by atoms with Crippen molar-refractivity contribution in [2.75, 3.05) is 38.4 Å². The highest BCUT2D eigenvalue weighted by molar-refractivity contribution is 7.89. The number of unbranched alkanes of at least 4 members (excludes halogenated alkanes) is 2. The number of benzene rings is 1. The summed E-state index contributed by atoms with van der Waals surface area (Å²) in [6.07, 6.45) is 3.15. The Morgan fingerprint density at radius 3 is 2.60 bits per heavy atom. The van der Waals surface area contributed by atoms with Gasteiger partial charge in [0.25, 0.3) is 0 Å². The molecule has 0 atom stereocenters. The van der Waals surface area contributed by atoms with Crippen LogP contribution in [0.1, 0.15) is 19.3 Å². The standard InChI is InChI=1S/C13H23N3O3S/c1-15-20(17,18)13-7-6-11(10-12(13)14)16-8-4-3-5-9-19-2/h6-7,10,15-16H,3-5,8-9,14H2,1-2H3. The fraction of sp³-hybridized carbons (Fsp3) is 0.538. The molecule has 0 heterocycles. The van der Waals surface area contributed by atoms with Gasteiger partial charge in [0.2, 0.25) is 10.0 Å². The average molecular weight is 301 g/mol. The van der Waals surface area contributed by atoms with Crippen molar-refractivity contribution < 1.29 is 13.2 Å². The van der Waals surface area contributed by atoms with Gasteiger partial charge in [-0.25, -0.2) is 13.1 Å². The summed E-state index contributed by atoms with van der Waals surface area (Å²) in [6.45, 7) is 1.60. The van der Waals surface area contributed by atoms with E-state index in [0.29, 0.717) is 0 Å². The number of nitrogen functional groups attached to an aromatic ring is 1. The highest BCUT2D eigenvalue weighted by Gasteiger charge is 2.14. The van der Waals surface area contributed by atoms with Gasteiger partial charge in [0.15, 0.2) is 0 Å². The molecule has 7 heteroatoms. The molecule has 114 valence electrons. The van der Waals surface area contributed by atoms with Gasteiger partial charge in [-0.05, 0) is 44.5 Å². The van der Waals surface area contributed by atoms with Crippen LogP contribution in [0.4, 0.5) is 11.4 Å². The summed E-state index contributed by atoms with van der Waals surface area (Å²) in [5.74, 6) is 0. The maximum Gasteiger partial charge on any atom is 0.242 e. The lowest BCUT2D eigenvalue weighted by atomic mass is 10.2. The van der Waals surface area contributed by atoms with E-state index in [4.69, 9.17) is 10.5 Å². The lowest BCUT2D eigenvalue weighted by Gasteiger charge is -2.10. The van der Waals surface area contributed by atoms with Crippen LogP contribution >= 0.6 is 0 Å². The third-order valence-corrected chi connectivity index (χ3v) is 4.41. The minimum atomic E-state index is -3.50. The quantitative estimate of drug-likeness (QED) is 0.473. The second kappa shape index (κ2) is 8.08. The average Bonchev–Trinajstić information content (AvgIpc) is 2.42. The van der Waals surface area contributed by atoms with Crippen LogP contribution in [-0.4, -0.2) is 35.7 Å². The van der Waals surface area contributed by atoms with E-state index in [1.54, 1.807) is 19.2 Å². The molecule has 0 fully saturated rings. The number of hydrogen-bond acceptors (Lipinski definition) is 5. The minimum Gasteiger partial charge on any atom is -0.398 e. The summed E-state index contributed by atoms with van der Waals surface area (Å²) in [5, 5.41) is 3.22. The van der Waals surface area contributed by atoms with Crippen LogP contribution in [0, 0.1) is 0 Å². The summed E-state index contributed by atoms with van der Waals surface area (Å²) >= 11 is 0. The van der Waals surface area contributed by atoms with E-state index in [0.717, 1.165) is 38.1 Å². The van der Waals surface area contributed by atoms with Gasteiger partial charge in [0.05, 0.1) is 5.69 Å². The molecule has 0 unspecified atom stereocenters. The van der Waals surface area contributed by atoms with Gasteiger partial charge >= 0.3 is 0 Å². The number of rotatable bonds is 9. The zero-order valence-corrected chi connectivity index (χ0v) is 12.8. The normalized spacial score (nSPS) is 11.5. The van der Waals surface area contributed by atoms with E-state index < -0.39 is 10.0 Å². The Hall–Kier alpha value is -1.31. The van der Waals surface area contributed by atoms with Crippen molar-refractivity contribution in [3.63, 3.8) is 0 Å². The van der Waals surface area contributed by atoms with Gasteiger partial charge in [0, 0.05) is 25.9 Å². The third kappa shape index (κ3) is 4.99. The highest BCUT2D eigenvalue weighted by Crippen LogP contribution is 2.22. The van der Waals surface area contributed by atoms with E-state index in [1.165, 1.54) is 13.1 Å². The van der Waals surface area contributed by atoms with E-state index in [9.17, 15) is 8.42 Å². The van der Waals surface area contributed by atoms with Gasteiger partial charge in [-0.1, -0.05) is 0 Å². The molecule has 1 aromatic carbocycles. The minimum absolute atomic E-state index is 0.102. The molecule has 0 aromatic heterocycles. The van der Waals surface area contributed by atoms with Crippen molar-refractivity contribution in [1.29, 1.82) is 0 Å². The Labute approximate surface area is 120 Å². The highest BCUT2D eigenvalue weighted by atomic mass is 32.2. The molecule has 1 aromatic rings. The molecule has 4 N–H and O–H groups in total. The SMILES string of the molecule is CNS(=O)(=O)c1ccc(NCCCCCOC)cc1N. The second-order valence-corrected chi connectivity index (χ2v) is 6.30. The molecule has 0 aliphatic heterocycles. The largest absolute Gasteiger partial charge is 0.398 e. The van der Waals surface area contributed by atoms with Crippen LogP contribution in [0.15, 0.2) is 23.1 Å². The zero-order valence-electron chi connectivity index (χ0n) is 12.0. The van der Waals surface area contributed by atoms with Crippen LogP contribution in [0.3, 0.4) is 0 Å². The number of nitrogens with one attached hydrogen (secondary N) is 2. The molecule has 0 saturated carbocycles. The monoisotopic (exact) mass is 301 g/mol. The van der Waals surface area contributed by atoms with Gasteiger partial charge in [0.1, 0.15) is 4.90 Å². The van der Waals surface area contributed by atoms with Crippen molar-refractivity contribution in [2.24, 2.45) is 0 Å². The van der Waals surface area contributed by atoms with Crippen molar-refractivity contribution in [1.82, 2.24) is 4.72 Å². The van der Waals surface area contributed by atoms with Crippen molar-refractivity contribution in [3.05, 3.63) is 18.2 Å². The fourth-order valence-electron chi connectivity index (χ4n) is 1.79. The molecular formula is C13H23N3O3S. The number of anilines is 2. The van der Waals surface area contributed by atoms with Crippen LogP contribution in [0.2, 0.25) is 0 Å². The molecular weight excluding hydrogens is 278 g/mol. The Bertz CT molecular complexity index is 518. The number of ether oxygens (including phenoxy) is 1. The van der Waals surface area contributed by atoms with E-state index in [1.807, 2.05) is 0 Å². The molecule has 0 bridgehead atoms. The summed E-state index contributed by atoms with van der Waals surface area (Å²) in [4.78, 5) is 0.102. The van der Waals surface area contributed by atoms with Gasteiger partial charge in [-0.3, -0.25) is 0 Å². The molecule has 0 aliphatic carbocycles. The van der Waals surface area contributed by atoms with Gasteiger partial charge in [-0.2, -0.15) is 0 Å². The zero-order chi connectivity index (χ0) is 15.0. The molecule has 6 nitrogen and oxygen atoms in total. The Morgan fingerprint density at radius 1 is 1.25 bits per heavy atom. The lowest BCUT2D eigenvalue weighted by molar-refractivity contribution is 0.192. The van der Waals surface area contributed by atoms with Crippen molar-refractivity contribution >= 4 is 21.4 Å². The van der Waals surface area contributed by atoms with Crippen molar-refractivity contribution in [2.45, 2.75) is 24.2 Å². The summed E-state index contributed by atoms with van der Waals surface area (Å²) in [5.41, 5.74) is 6.84. The Kier molecular flexibility index (Phi) is 6.77. The van der Waals surface area contributed by atoms with E-state index in [2.05, 4.69) is 10.0 Å². The molecule has 0 spiro atoms. The molecule has 20 heavy (non-hydrogen) atoms. The lowest BCUT2D eigenvalue weighted by Crippen LogP contribution is -2.20. The Balaban J connectivity index is 2.52. The van der Waals surface area contributed by atoms with Gasteiger partial charge < -0.3 is 15.8 Å². The molecule has 0 aliphatic rings. The maximum atomic E-state index is 11.7. The second-order valence-electron chi connectivity index (χ2n) is 4.44. The molecule has 1 rings (SSSR count). The van der Waals surface area contributed by atoms with Crippen LogP contribution < -0.4 is 15.8 Å².